The lowest BCUT2D eigenvalue weighted by Gasteiger charge is -2.37. The number of thioether (sulfide) groups is 1. The van der Waals surface area contributed by atoms with Crippen LogP contribution in [0.5, 0.6) is 0 Å². The molecular formula is C24H25NO2S. The van der Waals surface area contributed by atoms with Crippen molar-refractivity contribution in [3.05, 3.63) is 77.9 Å². The first-order valence-corrected chi connectivity index (χ1v) is 11.0. The Morgan fingerprint density at radius 1 is 1.00 bits per heavy atom. The minimum Gasteiger partial charge on any atom is -0.481 e. The van der Waals surface area contributed by atoms with Gasteiger partial charge in [0.25, 0.3) is 0 Å². The summed E-state index contributed by atoms with van der Waals surface area (Å²) < 4.78 is 0. The first-order valence-electron chi connectivity index (χ1n) is 9.76. The first kappa shape index (κ1) is 19.0. The fourth-order valence-electron chi connectivity index (χ4n) is 4.27. The lowest BCUT2D eigenvalue weighted by atomic mass is 9.89. The van der Waals surface area contributed by atoms with Crippen LogP contribution >= 0.6 is 11.8 Å². The molecule has 0 aliphatic carbocycles. The number of benzene rings is 3. The van der Waals surface area contributed by atoms with E-state index in [4.69, 9.17) is 0 Å². The van der Waals surface area contributed by atoms with Crippen molar-refractivity contribution in [3.8, 4) is 0 Å². The second-order valence-electron chi connectivity index (χ2n) is 7.39. The van der Waals surface area contributed by atoms with Crippen LogP contribution in [0.25, 0.3) is 10.8 Å². The van der Waals surface area contributed by atoms with Crippen LogP contribution in [0.15, 0.2) is 71.6 Å². The Bertz CT molecular complexity index is 957. The zero-order valence-electron chi connectivity index (χ0n) is 16.0. The average Bonchev–Trinajstić information content (AvgIpc) is 2.75. The average molecular weight is 392 g/mol. The molecule has 0 radical (unpaired) electrons. The second kappa shape index (κ2) is 8.38. The number of nitrogens with zero attached hydrogens (tertiary/aromatic N) is 1. The first-order chi connectivity index (χ1) is 13.7. The van der Waals surface area contributed by atoms with E-state index < -0.39 is 5.97 Å². The summed E-state index contributed by atoms with van der Waals surface area (Å²) in [6.45, 7) is 1.60. The van der Waals surface area contributed by atoms with Crippen molar-refractivity contribution in [1.82, 2.24) is 4.90 Å². The maximum atomic E-state index is 11.4. The number of fused-ring (bicyclic) bond motifs is 1. The molecule has 0 saturated carbocycles. The monoisotopic (exact) mass is 391 g/mol. The summed E-state index contributed by atoms with van der Waals surface area (Å²) in [6.07, 6.45) is 3.51. The van der Waals surface area contributed by atoms with Gasteiger partial charge in [-0.3, -0.25) is 9.69 Å². The fraction of sp³-hybridized carbons (Fsp3) is 0.292. The molecule has 1 N–H and O–H groups in total. The predicted molar refractivity (Wildman–Crippen MR) is 116 cm³/mol. The van der Waals surface area contributed by atoms with E-state index in [2.05, 4.69) is 77.9 Å². The van der Waals surface area contributed by atoms with Gasteiger partial charge in [-0.1, -0.05) is 54.6 Å². The van der Waals surface area contributed by atoms with Gasteiger partial charge in [-0.25, -0.2) is 0 Å². The van der Waals surface area contributed by atoms with E-state index in [0.29, 0.717) is 12.8 Å². The number of hydrogen-bond donors (Lipinski definition) is 1. The van der Waals surface area contributed by atoms with Crippen LogP contribution in [0.2, 0.25) is 0 Å². The lowest BCUT2D eigenvalue weighted by Crippen LogP contribution is -2.39. The highest BCUT2D eigenvalue weighted by Gasteiger charge is 2.30. The van der Waals surface area contributed by atoms with Crippen molar-refractivity contribution in [2.75, 3.05) is 19.3 Å². The van der Waals surface area contributed by atoms with Crippen LogP contribution in [0.3, 0.4) is 0 Å². The molecule has 3 aromatic carbocycles. The van der Waals surface area contributed by atoms with Crippen molar-refractivity contribution >= 4 is 28.5 Å². The molecular weight excluding hydrogens is 366 g/mol. The van der Waals surface area contributed by atoms with Crippen molar-refractivity contribution in [2.24, 2.45) is 5.92 Å². The molecule has 0 bridgehead atoms. The SMILES string of the molecule is CSc1ccc(C(c2cccc3ccccc23)N2CCC(C(=O)O)CC2)cc1. The molecule has 1 unspecified atom stereocenters. The Morgan fingerprint density at radius 3 is 2.36 bits per heavy atom. The third-order valence-corrected chi connectivity index (χ3v) is 6.54. The lowest BCUT2D eigenvalue weighted by molar-refractivity contribution is -0.143. The molecule has 0 aromatic heterocycles. The molecule has 1 aliphatic heterocycles. The molecule has 144 valence electrons. The van der Waals surface area contributed by atoms with Crippen LogP contribution in [0.1, 0.15) is 30.0 Å². The van der Waals surface area contributed by atoms with Gasteiger partial charge in [0.15, 0.2) is 0 Å². The normalized spacial score (nSPS) is 16.9. The third kappa shape index (κ3) is 3.80. The van der Waals surface area contributed by atoms with Gasteiger partial charge < -0.3 is 5.11 Å². The smallest absolute Gasteiger partial charge is 0.306 e. The number of carbonyl (C=O) groups is 1. The number of likely N-dealkylation sites (tertiary alicyclic amines) is 1. The molecule has 1 fully saturated rings. The van der Waals surface area contributed by atoms with Gasteiger partial charge in [0, 0.05) is 4.90 Å². The summed E-state index contributed by atoms with van der Waals surface area (Å²) in [5.41, 5.74) is 2.56. The topological polar surface area (TPSA) is 40.5 Å². The highest BCUT2D eigenvalue weighted by atomic mass is 32.2. The van der Waals surface area contributed by atoms with Crippen LogP contribution in [0.4, 0.5) is 0 Å². The fourth-order valence-corrected chi connectivity index (χ4v) is 4.68. The molecule has 4 heteroatoms. The summed E-state index contributed by atoms with van der Waals surface area (Å²) >= 11 is 1.75. The van der Waals surface area contributed by atoms with Gasteiger partial charge in [-0.2, -0.15) is 0 Å². The van der Waals surface area contributed by atoms with Crippen molar-refractivity contribution in [3.63, 3.8) is 0 Å². The Kier molecular flexibility index (Phi) is 5.69. The van der Waals surface area contributed by atoms with E-state index in [1.807, 2.05) is 0 Å². The Labute approximate surface area is 170 Å². The van der Waals surface area contributed by atoms with Crippen LogP contribution < -0.4 is 0 Å². The minimum absolute atomic E-state index is 0.136. The van der Waals surface area contributed by atoms with Gasteiger partial charge >= 0.3 is 5.97 Å². The van der Waals surface area contributed by atoms with E-state index in [9.17, 15) is 9.90 Å². The molecule has 0 amide bonds. The minimum atomic E-state index is -0.661. The van der Waals surface area contributed by atoms with Crippen LogP contribution in [-0.4, -0.2) is 35.3 Å². The molecule has 3 aromatic rings. The molecule has 1 aliphatic rings. The van der Waals surface area contributed by atoms with E-state index >= 15 is 0 Å². The van der Waals surface area contributed by atoms with Crippen LogP contribution in [-0.2, 0) is 4.79 Å². The molecule has 1 atom stereocenters. The van der Waals surface area contributed by atoms with Gasteiger partial charge in [0.2, 0.25) is 0 Å². The van der Waals surface area contributed by atoms with Crippen molar-refractivity contribution in [1.29, 1.82) is 0 Å². The van der Waals surface area contributed by atoms with E-state index in [1.54, 1.807) is 11.8 Å². The van der Waals surface area contributed by atoms with Gasteiger partial charge in [0.1, 0.15) is 0 Å². The number of hydrogen-bond acceptors (Lipinski definition) is 3. The predicted octanol–water partition coefficient (Wildman–Crippen LogP) is 5.45. The molecule has 1 saturated heterocycles. The number of carboxylic acids is 1. The zero-order chi connectivity index (χ0) is 19.5. The quantitative estimate of drug-likeness (QED) is 0.587. The Hall–Kier alpha value is -2.30. The van der Waals surface area contributed by atoms with Gasteiger partial charge in [-0.05, 0) is 66.2 Å². The summed E-state index contributed by atoms with van der Waals surface area (Å²) in [5.74, 6) is -0.881. The van der Waals surface area contributed by atoms with E-state index in [0.717, 1.165) is 13.1 Å². The molecule has 0 spiro atoms. The second-order valence-corrected chi connectivity index (χ2v) is 8.27. The number of aliphatic carboxylic acids is 1. The van der Waals surface area contributed by atoms with Crippen molar-refractivity contribution < 1.29 is 9.90 Å². The molecule has 4 rings (SSSR count). The van der Waals surface area contributed by atoms with Crippen LogP contribution in [0, 0.1) is 5.92 Å². The van der Waals surface area contributed by atoms with Gasteiger partial charge in [-0.15, -0.1) is 11.8 Å². The maximum absolute atomic E-state index is 11.4. The number of rotatable bonds is 5. The van der Waals surface area contributed by atoms with E-state index in [1.165, 1.54) is 26.8 Å². The summed E-state index contributed by atoms with van der Waals surface area (Å²) in [7, 11) is 0. The molecule has 1 heterocycles. The standard InChI is InChI=1S/C24H25NO2S/c1-28-20-11-9-18(10-12-20)23(25-15-13-19(14-16-25)24(26)27)22-8-4-6-17-5-2-3-7-21(17)22/h2-12,19,23H,13-16H2,1H3,(H,26,27). The highest BCUT2D eigenvalue weighted by Crippen LogP contribution is 2.36. The number of carboxylic acid groups (broad SMARTS) is 1. The molecule has 28 heavy (non-hydrogen) atoms. The Balaban J connectivity index is 1.76. The summed E-state index contributed by atoms with van der Waals surface area (Å²) in [6, 6.07) is 24.0. The third-order valence-electron chi connectivity index (χ3n) is 5.79. The Morgan fingerprint density at radius 2 is 1.68 bits per heavy atom. The van der Waals surface area contributed by atoms with Gasteiger partial charge in [0.05, 0.1) is 12.0 Å². The summed E-state index contributed by atoms with van der Waals surface area (Å²) in [5, 5.41) is 11.9. The maximum Gasteiger partial charge on any atom is 0.306 e. The number of piperidine rings is 1. The molecule has 3 nitrogen and oxygen atoms in total. The largest absolute Gasteiger partial charge is 0.481 e. The van der Waals surface area contributed by atoms with E-state index in [-0.39, 0.29) is 12.0 Å². The highest BCUT2D eigenvalue weighted by molar-refractivity contribution is 7.98. The van der Waals surface area contributed by atoms with Crippen molar-refractivity contribution in [2.45, 2.75) is 23.8 Å². The summed E-state index contributed by atoms with van der Waals surface area (Å²) in [4.78, 5) is 15.1. The zero-order valence-corrected chi connectivity index (χ0v) is 16.9.